The van der Waals surface area contributed by atoms with Gasteiger partial charge in [-0.05, 0) is 64.3 Å². The fourth-order valence-electron chi connectivity index (χ4n) is 7.03. The van der Waals surface area contributed by atoms with Crippen molar-refractivity contribution >= 4 is 32.8 Å². The summed E-state index contributed by atoms with van der Waals surface area (Å²) in [4.78, 5) is 13.5. The van der Waals surface area contributed by atoms with Crippen LogP contribution in [0.4, 0.5) is 0 Å². The van der Waals surface area contributed by atoms with Crippen molar-refractivity contribution in [2.75, 3.05) is 6.61 Å². The number of fused-ring (bicyclic) bond motifs is 1. The number of Topliss-reactive ketones (excluding diaryl/α,β-unsaturated/α-hetero) is 1. The third-order valence-electron chi connectivity index (χ3n) is 10.2. The highest BCUT2D eigenvalue weighted by Gasteiger charge is 2.50. The van der Waals surface area contributed by atoms with Crippen LogP contribution in [0.5, 0.6) is 0 Å². The number of benzene rings is 2. The van der Waals surface area contributed by atoms with Crippen LogP contribution in [-0.2, 0) is 13.6 Å². The minimum absolute atomic E-state index is 0.0390. The van der Waals surface area contributed by atoms with Crippen LogP contribution in [0.25, 0.3) is 0 Å². The Balaban J connectivity index is 1.69. The van der Waals surface area contributed by atoms with Gasteiger partial charge in [0.05, 0.1) is 12.4 Å². The Labute approximate surface area is 258 Å². The fraction of sp³-hybridized carbons (Fsp3) is 0.541. The van der Waals surface area contributed by atoms with E-state index in [9.17, 15) is 4.79 Å². The van der Waals surface area contributed by atoms with Gasteiger partial charge in [0, 0.05) is 24.7 Å². The van der Waals surface area contributed by atoms with Crippen molar-refractivity contribution in [3.8, 4) is 0 Å². The van der Waals surface area contributed by atoms with E-state index in [2.05, 4.69) is 141 Å². The van der Waals surface area contributed by atoms with E-state index in [4.69, 9.17) is 8.85 Å². The summed E-state index contributed by atoms with van der Waals surface area (Å²) in [6, 6.07) is 21.6. The van der Waals surface area contributed by atoms with E-state index < -0.39 is 16.6 Å². The largest absolute Gasteiger partial charge is 0.547 e. The van der Waals surface area contributed by atoms with Gasteiger partial charge in [-0.15, -0.1) is 0 Å². The van der Waals surface area contributed by atoms with E-state index in [0.29, 0.717) is 30.6 Å². The Morgan fingerprint density at radius 3 is 1.90 bits per heavy atom. The molecule has 5 heteroatoms. The maximum Gasteiger partial charge on any atom is 0.261 e. The second-order valence-corrected chi connectivity index (χ2v) is 24.4. The quantitative estimate of drug-likeness (QED) is 0.224. The van der Waals surface area contributed by atoms with Crippen LogP contribution in [0.15, 0.2) is 84.1 Å². The Bertz CT molecular complexity index is 1240. The first-order chi connectivity index (χ1) is 19.6. The second kappa shape index (κ2) is 12.4. The van der Waals surface area contributed by atoms with Crippen LogP contribution >= 0.6 is 0 Å². The SMILES string of the molecule is CC1=C(O[Si](C)(C)C(C)(C)C)C[C@@H]2C[C@@H](C)CC(=O)[C@@H]2[C@@H]1/C=C/CO[Si](c1ccccc1)(c1ccccc1)C(C)(C)C. The molecule has 4 rings (SSSR count). The molecule has 0 saturated heterocycles. The smallest absolute Gasteiger partial charge is 0.261 e. The third-order valence-corrected chi connectivity index (χ3v) is 19.6. The first kappa shape index (κ1) is 32.7. The fourth-order valence-corrected chi connectivity index (χ4v) is 12.7. The maximum absolute atomic E-state index is 13.5. The van der Waals surface area contributed by atoms with Crippen molar-refractivity contribution in [1.29, 1.82) is 0 Å². The first-order valence-electron chi connectivity index (χ1n) is 15.9. The van der Waals surface area contributed by atoms with Crippen molar-refractivity contribution in [2.45, 2.75) is 97.8 Å². The summed E-state index contributed by atoms with van der Waals surface area (Å²) in [6.45, 7) is 23.4. The molecule has 2 aliphatic rings. The van der Waals surface area contributed by atoms with Crippen LogP contribution in [-0.4, -0.2) is 29.0 Å². The van der Waals surface area contributed by atoms with Crippen LogP contribution in [0.2, 0.25) is 23.2 Å². The van der Waals surface area contributed by atoms with Gasteiger partial charge in [-0.2, -0.15) is 0 Å². The van der Waals surface area contributed by atoms with Crippen LogP contribution in [0.1, 0.15) is 74.7 Å². The number of hydrogen-bond acceptors (Lipinski definition) is 3. The molecule has 2 aromatic carbocycles. The van der Waals surface area contributed by atoms with Crippen LogP contribution < -0.4 is 10.4 Å². The number of carbonyl (C=O) groups excluding carboxylic acids is 1. The summed E-state index contributed by atoms with van der Waals surface area (Å²) in [5.74, 6) is 2.45. The lowest BCUT2D eigenvalue weighted by Gasteiger charge is -2.45. The Morgan fingerprint density at radius 1 is 0.857 bits per heavy atom. The molecular formula is C37H54O3Si2. The lowest BCUT2D eigenvalue weighted by molar-refractivity contribution is -0.130. The molecule has 0 spiro atoms. The summed E-state index contributed by atoms with van der Waals surface area (Å²) in [7, 11) is -4.63. The maximum atomic E-state index is 13.5. The first-order valence-corrected chi connectivity index (χ1v) is 20.7. The highest BCUT2D eigenvalue weighted by molar-refractivity contribution is 6.99. The molecule has 228 valence electrons. The van der Waals surface area contributed by atoms with Crippen molar-refractivity contribution in [1.82, 2.24) is 0 Å². The normalized spacial score (nSPS) is 24.2. The van der Waals surface area contributed by atoms with Gasteiger partial charge in [-0.3, -0.25) is 4.79 Å². The topological polar surface area (TPSA) is 35.5 Å². The standard InChI is InChI=1S/C37H54O3Si2/c1-27-24-29-26-34(40-41(9,10)36(3,4)5)28(2)32(35(29)33(38)25-27)22-17-23-39-42(37(6,7)8,30-18-13-11-14-19-30)31-20-15-12-16-21-31/h11-22,27,29,32,35H,23-26H2,1-10H3/b22-17+/t27-,29+,32-,35+/m1/s1. The molecule has 1 fully saturated rings. The van der Waals surface area contributed by atoms with E-state index in [-0.39, 0.29) is 21.9 Å². The molecule has 2 aromatic rings. The molecule has 42 heavy (non-hydrogen) atoms. The van der Waals surface area contributed by atoms with Gasteiger partial charge >= 0.3 is 0 Å². The van der Waals surface area contributed by atoms with Crippen molar-refractivity contribution in [3.05, 3.63) is 84.1 Å². The Morgan fingerprint density at radius 2 is 1.40 bits per heavy atom. The van der Waals surface area contributed by atoms with Gasteiger partial charge in [-0.25, -0.2) is 0 Å². The van der Waals surface area contributed by atoms with Crippen LogP contribution in [0.3, 0.4) is 0 Å². The number of carbonyl (C=O) groups is 1. The van der Waals surface area contributed by atoms with E-state index in [1.54, 1.807) is 0 Å². The van der Waals surface area contributed by atoms with E-state index in [1.807, 2.05) is 0 Å². The van der Waals surface area contributed by atoms with Gasteiger partial charge in [0.15, 0.2) is 0 Å². The zero-order valence-electron chi connectivity index (χ0n) is 27.8. The molecule has 1 saturated carbocycles. The summed E-state index contributed by atoms with van der Waals surface area (Å²) >= 11 is 0. The molecule has 0 heterocycles. The molecule has 2 aliphatic carbocycles. The zero-order chi connectivity index (χ0) is 30.9. The average Bonchev–Trinajstić information content (AvgIpc) is 2.90. The number of allylic oxidation sites excluding steroid dienone is 3. The molecule has 0 N–H and O–H groups in total. The van der Waals surface area contributed by atoms with E-state index >= 15 is 0 Å². The summed E-state index contributed by atoms with van der Waals surface area (Å²) < 4.78 is 14.1. The highest BCUT2D eigenvalue weighted by atomic mass is 28.4. The molecule has 0 aliphatic heterocycles. The van der Waals surface area contributed by atoms with Gasteiger partial charge in [-0.1, -0.05) is 121 Å². The Hall–Kier alpha value is -2.22. The minimum Gasteiger partial charge on any atom is -0.547 e. The lowest BCUT2D eigenvalue weighted by atomic mass is 9.62. The second-order valence-electron chi connectivity index (χ2n) is 15.4. The van der Waals surface area contributed by atoms with Gasteiger partial charge < -0.3 is 8.85 Å². The van der Waals surface area contributed by atoms with Crippen molar-refractivity contribution < 1.29 is 13.6 Å². The molecule has 3 nitrogen and oxygen atoms in total. The van der Waals surface area contributed by atoms with E-state index in [0.717, 1.165) is 18.6 Å². The minimum atomic E-state index is -2.63. The molecule has 4 atom stereocenters. The molecule has 0 aromatic heterocycles. The summed E-state index contributed by atoms with van der Waals surface area (Å²) in [6.07, 6.45) is 7.16. The van der Waals surface area contributed by atoms with Crippen molar-refractivity contribution in [2.24, 2.45) is 23.7 Å². The van der Waals surface area contributed by atoms with Gasteiger partial charge in [0.1, 0.15) is 5.78 Å². The number of rotatable bonds is 8. The van der Waals surface area contributed by atoms with E-state index in [1.165, 1.54) is 15.9 Å². The number of hydrogen-bond donors (Lipinski definition) is 0. The highest BCUT2D eigenvalue weighted by Crippen LogP contribution is 2.49. The lowest BCUT2D eigenvalue weighted by Crippen LogP contribution is -2.66. The molecule has 0 unspecified atom stereocenters. The van der Waals surface area contributed by atoms with Crippen LogP contribution in [0, 0.1) is 23.7 Å². The van der Waals surface area contributed by atoms with Crippen molar-refractivity contribution in [3.63, 3.8) is 0 Å². The Kier molecular flexibility index (Phi) is 9.66. The molecule has 0 bridgehead atoms. The summed E-state index contributed by atoms with van der Waals surface area (Å²) in [5.41, 5.74) is 1.24. The monoisotopic (exact) mass is 602 g/mol. The van der Waals surface area contributed by atoms with Gasteiger partial charge in [0.2, 0.25) is 8.32 Å². The summed E-state index contributed by atoms with van der Waals surface area (Å²) in [5, 5.41) is 2.62. The zero-order valence-corrected chi connectivity index (χ0v) is 29.8. The number of ketones is 1. The molecule has 0 amide bonds. The average molecular weight is 603 g/mol. The predicted molar refractivity (Wildman–Crippen MR) is 182 cm³/mol. The molecule has 0 radical (unpaired) electrons. The molecular weight excluding hydrogens is 549 g/mol. The predicted octanol–water partition coefficient (Wildman–Crippen LogP) is 8.67. The third kappa shape index (κ3) is 6.49. The van der Waals surface area contributed by atoms with Gasteiger partial charge in [0.25, 0.3) is 8.32 Å².